The maximum absolute atomic E-state index is 16.6. The lowest BCUT2D eigenvalue weighted by molar-refractivity contribution is -0.183. The predicted molar refractivity (Wildman–Crippen MR) is 412 cm³/mol. The molecule has 0 heterocycles. The van der Waals surface area contributed by atoms with Crippen LogP contribution in [0.3, 0.4) is 0 Å². The van der Waals surface area contributed by atoms with Gasteiger partial charge in [0.2, 0.25) is 0 Å². The minimum Gasteiger partial charge on any atom is -0.464 e. The van der Waals surface area contributed by atoms with E-state index in [0.717, 1.165) is 128 Å². The van der Waals surface area contributed by atoms with Gasteiger partial charge < -0.3 is 57.3 Å². The zero-order valence-corrected chi connectivity index (χ0v) is 70.0. The number of hydrogen-bond donors (Lipinski definition) is 0. The van der Waals surface area contributed by atoms with Gasteiger partial charge in [0.05, 0.1) is 48.7 Å². The first-order valence-electron chi connectivity index (χ1n) is 42.0. The standard InChI is InChI=1S/C86H147N3O18/c1-18-79(4,72(93)102-63-37-25-19-26-38-63)56-82(7,73(94)103-64-39-27-20-28-40-64)59-84(9,75(96)105-66-43-31-22-32-44-66)61-86(11,77(98)107-68-47-35-24-36-48-68)62-85(10,76(97)106-67-45-33-23-34-46-67)60-83(8,74(95)104-65-41-29-21-30-42-65)58-81(6,71(92)101-54-51-89(16)17)57-80(5,70(91)100-53-50-88(14)15)55-78(2,3)69(90)99-52-49-87(12)13/h63-68H,18-62H2,1-17H3. The molecule has 0 aromatic rings. The van der Waals surface area contributed by atoms with E-state index in [1.165, 1.54) is 0 Å². The van der Waals surface area contributed by atoms with Gasteiger partial charge in [0, 0.05) is 19.6 Å². The molecule has 614 valence electrons. The van der Waals surface area contributed by atoms with E-state index in [0.29, 0.717) is 90.3 Å². The van der Waals surface area contributed by atoms with E-state index in [1.54, 1.807) is 62.3 Å². The van der Waals surface area contributed by atoms with Crippen LogP contribution in [-0.2, 0) is 85.8 Å². The Bertz CT molecular complexity index is 2870. The fraction of sp³-hybridized carbons (Fsp3) is 0.895. The largest absolute Gasteiger partial charge is 0.464 e. The molecule has 0 N–H and O–H groups in total. The van der Waals surface area contributed by atoms with Crippen molar-refractivity contribution in [1.29, 1.82) is 0 Å². The summed E-state index contributed by atoms with van der Waals surface area (Å²) in [5.74, 6) is -5.66. The highest BCUT2D eigenvalue weighted by Crippen LogP contribution is 2.58. The minimum atomic E-state index is -1.87. The molecule has 0 bridgehead atoms. The van der Waals surface area contributed by atoms with Gasteiger partial charge in [0.15, 0.2) is 0 Å². The summed E-state index contributed by atoms with van der Waals surface area (Å²) < 4.78 is 58.5. The summed E-state index contributed by atoms with van der Waals surface area (Å²) in [6.07, 6.45) is 19.0. The second-order valence-corrected chi connectivity index (χ2v) is 37.9. The maximum Gasteiger partial charge on any atom is 0.312 e. The molecule has 0 spiro atoms. The Morgan fingerprint density at radius 3 is 0.607 bits per heavy atom. The van der Waals surface area contributed by atoms with Gasteiger partial charge in [-0.05, 0) is 323 Å². The molecule has 8 atom stereocenters. The second kappa shape index (κ2) is 41.1. The fourth-order valence-electron chi connectivity index (χ4n) is 19.2. The number of carbonyl (C=O) groups is 9. The molecule has 107 heavy (non-hydrogen) atoms. The van der Waals surface area contributed by atoms with E-state index < -0.39 is 133 Å². The fourth-order valence-corrected chi connectivity index (χ4v) is 19.2. The second-order valence-electron chi connectivity index (χ2n) is 37.9. The summed E-state index contributed by atoms with van der Waals surface area (Å²) in [5, 5.41) is 0. The van der Waals surface area contributed by atoms with Gasteiger partial charge in [-0.15, -0.1) is 0 Å². The monoisotopic (exact) mass is 1510 g/mol. The molecule has 8 unspecified atom stereocenters. The first kappa shape index (κ1) is 91.0. The number of ether oxygens (including phenoxy) is 9. The molecule has 6 saturated carbocycles. The molecule has 6 fully saturated rings. The van der Waals surface area contributed by atoms with Crippen LogP contribution in [0.25, 0.3) is 0 Å². The van der Waals surface area contributed by atoms with E-state index in [2.05, 4.69) is 0 Å². The average Bonchev–Trinajstić information content (AvgIpc) is 0.748. The lowest BCUT2D eigenvalue weighted by Gasteiger charge is -2.48. The third kappa shape index (κ3) is 27.5. The Morgan fingerprint density at radius 2 is 0.411 bits per heavy atom. The highest BCUT2D eigenvalue weighted by atomic mass is 16.6. The molecule has 0 aliphatic heterocycles. The lowest BCUT2D eigenvalue weighted by Crippen LogP contribution is -2.52. The van der Waals surface area contributed by atoms with Crippen LogP contribution in [-0.4, -0.2) is 187 Å². The van der Waals surface area contributed by atoms with Crippen molar-refractivity contribution >= 4 is 53.7 Å². The van der Waals surface area contributed by atoms with Crippen LogP contribution >= 0.6 is 0 Å². The van der Waals surface area contributed by atoms with Crippen molar-refractivity contribution in [3.63, 3.8) is 0 Å². The Labute approximate surface area is 644 Å². The summed E-state index contributed by atoms with van der Waals surface area (Å²) in [6, 6.07) is 0. The molecule has 6 rings (SSSR count). The smallest absolute Gasteiger partial charge is 0.312 e. The minimum absolute atomic E-state index is 0.0117. The molecule has 0 aromatic heterocycles. The molecule has 6 aliphatic rings. The average molecular weight is 1510 g/mol. The molecular weight excluding hydrogens is 1360 g/mol. The number of rotatable bonds is 41. The van der Waals surface area contributed by atoms with E-state index in [-0.39, 0.29) is 77.3 Å². The molecule has 0 aromatic carbocycles. The normalized spacial score (nSPS) is 22.7. The van der Waals surface area contributed by atoms with Crippen LogP contribution in [0.4, 0.5) is 0 Å². The summed E-state index contributed by atoms with van der Waals surface area (Å²) in [7, 11) is 11.2. The summed E-state index contributed by atoms with van der Waals surface area (Å²) in [4.78, 5) is 148. The number of hydrogen-bond acceptors (Lipinski definition) is 21. The van der Waals surface area contributed by atoms with E-state index in [1.807, 2.05) is 70.8 Å². The van der Waals surface area contributed by atoms with Crippen molar-refractivity contribution in [3.8, 4) is 0 Å². The van der Waals surface area contributed by atoms with Crippen molar-refractivity contribution < 1.29 is 85.8 Å². The van der Waals surface area contributed by atoms with Crippen molar-refractivity contribution in [1.82, 2.24) is 14.7 Å². The summed E-state index contributed by atoms with van der Waals surface area (Å²) >= 11 is 0. The van der Waals surface area contributed by atoms with Crippen LogP contribution in [0.5, 0.6) is 0 Å². The van der Waals surface area contributed by atoms with Crippen molar-refractivity contribution in [3.05, 3.63) is 0 Å². The van der Waals surface area contributed by atoms with Gasteiger partial charge in [-0.2, -0.15) is 0 Å². The molecule has 0 radical (unpaired) electrons. The third-order valence-corrected chi connectivity index (χ3v) is 24.8. The van der Waals surface area contributed by atoms with Crippen LogP contribution in [0, 0.1) is 48.7 Å². The highest BCUT2D eigenvalue weighted by molar-refractivity contribution is 5.87. The molecule has 6 aliphatic carbocycles. The summed E-state index contributed by atoms with van der Waals surface area (Å²) in [5.41, 5.74) is -15.0. The number of esters is 9. The molecule has 21 nitrogen and oxygen atoms in total. The number of carbonyl (C=O) groups excluding carboxylic acids is 9. The Balaban J connectivity index is 1.62. The summed E-state index contributed by atoms with van der Waals surface area (Å²) in [6.45, 7) is 20.4. The Hall–Kier alpha value is -4.89. The van der Waals surface area contributed by atoms with Crippen LogP contribution in [0.2, 0.25) is 0 Å². The van der Waals surface area contributed by atoms with Crippen LogP contribution < -0.4 is 0 Å². The molecule has 0 amide bonds. The zero-order valence-electron chi connectivity index (χ0n) is 70.0. The van der Waals surface area contributed by atoms with Gasteiger partial charge in [0.25, 0.3) is 0 Å². The van der Waals surface area contributed by atoms with Gasteiger partial charge >= 0.3 is 53.7 Å². The topological polar surface area (TPSA) is 246 Å². The van der Waals surface area contributed by atoms with Gasteiger partial charge in [-0.1, -0.05) is 45.4 Å². The van der Waals surface area contributed by atoms with Gasteiger partial charge in [0.1, 0.15) is 56.4 Å². The van der Waals surface area contributed by atoms with E-state index >= 15 is 33.6 Å². The first-order valence-corrected chi connectivity index (χ1v) is 42.0. The predicted octanol–water partition coefficient (Wildman–Crippen LogP) is 16.2. The van der Waals surface area contributed by atoms with E-state index in [9.17, 15) is 9.59 Å². The highest BCUT2D eigenvalue weighted by Gasteiger charge is 2.61. The van der Waals surface area contributed by atoms with E-state index in [4.69, 9.17) is 42.6 Å². The van der Waals surface area contributed by atoms with Crippen LogP contribution in [0.1, 0.15) is 327 Å². The molecule has 0 saturated heterocycles. The Kier molecular flexibility index (Phi) is 34.9. The van der Waals surface area contributed by atoms with Crippen molar-refractivity contribution in [2.75, 3.05) is 81.7 Å². The van der Waals surface area contributed by atoms with Crippen molar-refractivity contribution in [2.45, 2.75) is 363 Å². The first-order chi connectivity index (χ1) is 50.2. The van der Waals surface area contributed by atoms with Gasteiger partial charge in [-0.25, -0.2) is 0 Å². The quantitative estimate of drug-likeness (QED) is 0.0408. The zero-order chi connectivity index (χ0) is 79.1. The number of likely N-dealkylation sites (N-methyl/N-ethyl adjacent to an activating group) is 3. The Morgan fingerprint density at radius 1 is 0.243 bits per heavy atom. The molecule has 21 heteroatoms. The SMILES string of the molecule is CCC(C)(CC(C)(CC(C)(CC(C)(CC(C)(CC(C)(CC(C)(CC(C)(CC(C)(C)C(=O)OCCN(C)C)C(=O)OCCN(C)C)C(=O)OCCN(C)C)C(=O)OC1CCCCC1)C(=O)OC1CCCCC1)C(=O)OC1CCCCC1)C(=O)OC1CCCCC1)C(=O)OC1CCCCC1)C(=O)OC1CCCCC1. The number of nitrogens with zero attached hydrogens (tertiary/aromatic N) is 3. The molecular formula is C86H147N3O18. The third-order valence-electron chi connectivity index (χ3n) is 24.8. The maximum atomic E-state index is 16.6. The van der Waals surface area contributed by atoms with Crippen molar-refractivity contribution in [2.24, 2.45) is 48.7 Å². The lowest BCUT2D eigenvalue weighted by atomic mass is 9.56. The van der Waals surface area contributed by atoms with Crippen LogP contribution in [0.15, 0.2) is 0 Å². The van der Waals surface area contributed by atoms with Gasteiger partial charge in [-0.3, -0.25) is 43.2 Å².